The van der Waals surface area contributed by atoms with Crippen LogP contribution in [0.5, 0.6) is 0 Å². The van der Waals surface area contributed by atoms with E-state index in [0.717, 1.165) is 26.1 Å². The number of hydrogen-bond acceptors (Lipinski definition) is 4. The van der Waals surface area contributed by atoms with Gasteiger partial charge in [-0.25, -0.2) is 0 Å². The molecule has 3 aromatic rings. The largest absolute Gasteiger partial charge is 0.322 e. The molecule has 3 rings (SSSR count). The monoisotopic (exact) mass is 421 g/mol. The van der Waals surface area contributed by atoms with E-state index in [9.17, 15) is 4.79 Å². The van der Waals surface area contributed by atoms with Crippen LogP contribution in [0.15, 0.2) is 47.8 Å². The smallest absolute Gasteiger partial charge is 0.256 e. The maximum Gasteiger partial charge on any atom is 0.256 e. The van der Waals surface area contributed by atoms with Crippen LogP contribution in [0, 0.1) is 10.5 Å². The van der Waals surface area contributed by atoms with Gasteiger partial charge in [-0.05, 0) is 64.8 Å². The summed E-state index contributed by atoms with van der Waals surface area (Å²) in [5, 5.41) is 8.84. The van der Waals surface area contributed by atoms with E-state index in [1.54, 1.807) is 0 Å². The maximum atomic E-state index is 12.4. The number of anilines is 1. The van der Waals surface area contributed by atoms with Crippen LogP contribution in [-0.2, 0) is 0 Å². The predicted molar refractivity (Wildman–Crippen MR) is 97.2 cm³/mol. The third-order valence-corrected chi connectivity index (χ3v) is 5.17. The Morgan fingerprint density at radius 3 is 2.64 bits per heavy atom. The summed E-state index contributed by atoms with van der Waals surface area (Å²) in [6, 6.07) is 13.3. The van der Waals surface area contributed by atoms with Crippen molar-refractivity contribution in [3.8, 4) is 11.3 Å². The first-order valence-corrected chi connectivity index (χ1v) is 8.50. The quantitative estimate of drug-likeness (QED) is 0.640. The summed E-state index contributed by atoms with van der Waals surface area (Å²) >= 11 is 3.52. The molecule has 6 heteroatoms. The fourth-order valence-electron chi connectivity index (χ4n) is 2.04. The molecule has 110 valence electrons. The third-order valence-electron chi connectivity index (χ3n) is 3.23. The van der Waals surface area contributed by atoms with Gasteiger partial charge in [0.2, 0.25) is 0 Å². The Hall–Kier alpha value is -1.80. The summed E-state index contributed by atoms with van der Waals surface area (Å²) in [4.78, 5) is 12.4. The van der Waals surface area contributed by atoms with E-state index in [2.05, 4.69) is 37.5 Å². The van der Waals surface area contributed by atoms with E-state index in [1.807, 2.05) is 54.8 Å². The Bertz CT molecular complexity index is 801. The molecule has 0 aliphatic carbocycles. The second-order valence-electron chi connectivity index (χ2n) is 4.76. The summed E-state index contributed by atoms with van der Waals surface area (Å²) in [7, 11) is 0. The first kappa shape index (κ1) is 15.1. The molecule has 0 aliphatic rings. The fourth-order valence-corrected chi connectivity index (χ4v) is 3.11. The molecule has 1 amide bonds. The Morgan fingerprint density at radius 1 is 1.18 bits per heavy atom. The van der Waals surface area contributed by atoms with Gasteiger partial charge in [-0.3, -0.25) is 4.79 Å². The van der Waals surface area contributed by atoms with E-state index in [-0.39, 0.29) is 5.91 Å². The Morgan fingerprint density at radius 2 is 1.95 bits per heavy atom. The van der Waals surface area contributed by atoms with Crippen LogP contribution in [0.4, 0.5) is 5.69 Å². The second kappa shape index (κ2) is 6.53. The lowest BCUT2D eigenvalue weighted by atomic mass is 10.1. The van der Waals surface area contributed by atoms with Crippen molar-refractivity contribution in [1.29, 1.82) is 0 Å². The van der Waals surface area contributed by atoms with Crippen molar-refractivity contribution in [2.24, 2.45) is 0 Å². The summed E-state index contributed by atoms with van der Waals surface area (Å²) in [6.07, 6.45) is 0. The zero-order valence-corrected chi connectivity index (χ0v) is 14.7. The molecule has 0 bridgehead atoms. The molecule has 1 heterocycles. The van der Waals surface area contributed by atoms with Crippen LogP contribution in [0.25, 0.3) is 11.3 Å². The number of nitrogens with zero attached hydrogens (tertiary/aromatic N) is 2. The number of hydrogen-bond donors (Lipinski definition) is 1. The highest BCUT2D eigenvalue weighted by Crippen LogP contribution is 2.22. The van der Waals surface area contributed by atoms with Crippen molar-refractivity contribution in [2.75, 3.05) is 5.32 Å². The molecule has 2 aromatic carbocycles. The molecule has 1 aromatic heterocycles. The van der Waals surface area contributed by atoms with Gasteiger partial charge < -0.3 is 5.32 Å². The molecule has 4 nitrogen and oxygen atoms in total. The Labute approximate surface area is 145 Å². The summed E-state index contributed by atoms with van der Waals surface area (Å²) in [6.45, 7) is 2.00. The summed E-state index contributed by atoms with van der Waals surface area (Å²) < 4.78 is 4.82. The minimum Gasteiger partial charge on any atom is -0.322 e. The highest BCUT2D eigenvalue weighted by atomic mass is 127. The number of amides is 1. The molecule has 0 atom stereocenters. The van der Waals surface area contributed by atoms with Crippen molar-refractivity contribution in [3.05, 3.63) is 62.5 Å². The number of nitrogens with one attached hydrogen (secondary N) is 1. The average Bonchev–Trinajstić information content (AvgIpc) is 3.05. The van der Waals surface area contributed by atoms with Gasteiger partial charge in [0.05, 0.1) is 5.56 Å². The van der Waals surface area contributed by atoms with Crippen LogP contribution in [0.2, 0.25) is 0 Å². The highest BCUT2D eigenvalue weighted by molar-refractivity contribution is 14.1. The molecule has 0 spiro atoms. The molecule has 0 saturated heterocycles. The SMILES string of the molecule is Cc1cccc(C(=O)Nc2ccc(-c3csnn3)cc2)c1I. The fraction of sp³-hybridized carbons (Fsp3) is 0.0625. The van der Waals surface area contributed by atoms with Crippen molar-refractivity contribution in [2.45, 2.75) is 6.92 Å². The number of halogens is 1. The molecule has 0 saturated carbocycles. The molecule has 0 fully saturated rings. The van der Waals surface area contributed by atoms with Crippen molar-refractivity contribution in [1.82, 2.24) is 9.59 Å². The first-order chi connectivity index (χ1) is 10.6. The van der Waals surface area contributed by atoms with Crippen molar-refractivity contribution < 1.29 is 4.79 Å². The predicted octanol–water partition coefficient (Wildman–Crippen LogP) is 4.37. The Kier molecular flexibility index (Phi) is 4.49. The standard InChI is InChI=1S/C16H12IN3OS/c1-10-3-2-4-13(15(10)17)16(21)18-12-7-5-11(6-8-12)14-9-22-20-19-14/h2-9H,1H3,(H,18,21). The number of carbonyl (C=O) groups is 1. The average molecular weight is 421 g/mol. The first-order valence-electron chi connectivity index (χ1n) is 6.59. The number of aryl methyl sites for hydroxylation is 1. The van der Waals surface area contributed by atoms with Gasteiger partial charge in [0.15, 0.2) is 0 Å². The lowest BCUT2D eigenvalue weighted by molar-refractivity contribution is 0.102. The lowest BCUT2D eigenvalue weighted by Gasteiger charge is -2.09. The van der Waals surface area contributed by atoms with E-state index < -0.39 is 0 Å². The van der Waals surface area contributed by atoms with Crippen molar-refractivity contribution in [3.63, 3.8) is 0 Å². The zero-order valence-electron chi connectivity index (χ0n) is 11.7. The minimum absolute atomic E-state index is 0.101. The van der Waals surface area contributed by atoms with Gasteiger partial charge in [0, 0.05) is 20.2 Å². The number of benzene rings is 2. The summed E-state index contributed by atoms with van der Waals surface area (Å²) in [5.74, 6) is -0.101. The normalized spacial score (nSPS) is 10.5. The zero-order chi connectivity index (χ0) is 15.5. The van der Waals surface area contributed by atoms with E-state index in [0.29, 0.717) is 5.56 Å². The maximum absolute atomic E-state index is 12.4. The molecular weight excluding hydrogens is 409 g/mol. The highest BCUT2D eigenvalue weighted by Gasteiger charge is 2.11. The third kappa shape index (κ3) is 3.17. The van der Waals surface area contributed by atoms with Gasteiger partial charge >= 0.3 is 0 Å². The van der Waals surface area contributed by atoms with Gasteiger partial charge in [-0.15, -0.1) is 5.10 Å². The number of carbonyl (C=O) groups excluding carboxylic acids is 1. The second-order valence-corrected chi connectivity index (χ2v) is 6.45. The van der Waals surface area contributed by atoms with E-state index in [4.69, 9.17) is 0 Å². The van der Waals surface area contributed by atoms with E-state index >= 15 is 0 Å². The van der Waals surface area contributed by atoms with Gasteiger partial charge in [-0.1, -0.05) is 28.8 Å². The minimum atomic E-state index is -0.101. The van der Waals surface area contributed by atoms with Crippen LogP contribution < -0.4 is 5.32 Å². The molecule has 22 heavy (non-hydrogen) atoms. The topological polar surface area (TPSA) is 54.9 Å². The lowest BCUT2D eigenvalue weighted by Crippen LogP contribution is -2.13. The van der Waals surface area contributed by atoms with Gasteiger partial charge in [0.1, 0.15) is 5.69 Å². The van der Waals surface area contributed by atoms with Crippen LogP contribution >= 0.6 is 34.1 Å². The molecule has 0 unspecified atom stereocenters. The molecule has 1 N–H and O–H groups in total. The van der Waals surface area contributed by atoms with Crippen LogP contribution in [-0.4, -0.2) is 15.5 Å². The van der Waals surface area contributed by atoms with Crippen LogP contribution in [0.1, 0.15) is 15.9 Å². The van der Waals surface area contributed by atoms with Gasteiger partial charge in [-0.2, -0.15) is 0 Å². The Balaban J connectivity index is 1.78. The molecule has 0 aliphatic heterocycles. The van der Waals surface area contributed by atoms with Crippen LogP contribution in [0.3, 0.4) is 0 Å². The number of rotatable bonds is 3. The molecule has 0 radical (unpaired) electrons. The number of aromatic nitrogens is 2. The van der Waals surface area contributed by atoms with E-state index in [1.165, 1.54) is 11.5 Å². The van der Waals surface area contributed by atoms with Crippen molar-refractivity contribution >= 4 is 45.7 Å². The molecular formula is C16H12IN3OS. The summed E-state index contributed by atoms with van der Waals surface area (Å²) in [5.41, 5.74) is 4.37. The van der Waals surface area contributed by atoms with Gasteiger partial charge in [0.25, 0.3) is 5.91 Å².